The topological polar surface area (TPSA) is 60.2 Å². The van der Waals surface area contributed by atoms with Crippen LogP contribution >= 0.6 is 7.60 Å². The van der Waals surface area contributed by atoms with Gasteiger partial charge in [-0.05, 0) is 31.5 Å². The van der Waals surface area contributed by atoms with Gasteiger partial charge in [0, 0.05) is 13.5 Å². The zero-order valence-electron chi connectivity index (χ0n) is 10.8. The van der Waals surface area contributed by atoms with Gasteiger partial charge in [0.2, 0.25) is 0 Å². The molecule has 0 spiro atoms. The van der Waals surface area contributed by atoms with Crippen LogP contribution in [0.15, 0.2) is 34.5 Å². The molecule has 1 aliphatic rings. The first kappa shape index (κ1) is 13.2. The van der Waals surface area contributed by atoms with E-state index in [0.29, 0.717) is 18.7 Å². The Morgan fingerprint density at radius 3 is 2.78 bits per heavy atom. The number of nitrogens with zero attached hydrogens (tertiary/aromatic N) is 2. The van der Waals surface area contributed by atoms with Crippen molar-refractivity contribution in [2.45, 2.75) is 25.5 Å². The highest BCUT2D eigenvalue weighted by atomic mass is 31.2. The molecule has 0 fully saturated rings. The van der Waals surface area contributed by atoms with Gasteiger partial charge in [0.1, 0.15) is 5.75 Å². The molecule has 18 heavy (non-hydrogen) atoms. The average molecular weight is 268 g/mol. The molecule has 0 radical (unpaired) electrons. The maximum absolute atomic E-state index is 12.8. The SMILES string of the molecule is COP(=O)(Oc1cccc(C)c1)C1(C)CCN=N1. The van der Waals surface area contributed by atoms with Crippen molar-refractivity contribution < 1.29 is 13.6 Å². The first-order valence-electron chi connectivity index (χ1n) is 5.80. The third-order valence-corrected chi connectivity index (χ3v) is 5.44. The zero-order valence-corrected chi connectivity index (χ0v) is 11.7. The summed E-state index contributed by atoms with van der Waals surface area (Å²) in [7, 11) is -1.98. The van der Waals surface area contributed by atoms with Crippen LogP contribution in [-0.4, -0.2) is 18.9 Å². The number of hydrogen-bond donors (Lipinski definition) is 0. The molecule has 1 aliphatic heterocycles. The van der Waals surface area contributed by atoms with Gasteiger partial charge in [-0.25, -0.2) is 4.57 Å². The fraction of sp³-hybridized carbons (Fsp3) is 0.500. The smallest absolute Gasteiger partial charge is 0.408 e. The molecule has 1 heterocycles. The summed E-state index contributed by atoms with van der Waals surface area (Å²) in [5.74, 6) is 0.531. The van der Waals surface area contributed by atoms with E-state index in [9.17, 15) is 4.57 Å². The molecular weight excluding hydrogens is 251 g/mol. The monoisotopic (exact) mass is 268 g/mol. The Kier molecular flexibility index (Phi) is 3.55. The molecular formula is C12H17N2O3P. The number of hydrogen-bond acceptors (Lipinski definition) is 5. The van der Waals surface area contributed by atoms with Gasteiger partial charge in [0.05, 0.1) is 6.54 Å². The van der Waals surface area contributed by atoms with Crippen molar-refractivity contribution in [3.63, 3.8) is 0 Å². The summed E-state index contributed by atoms with van der Waals surface area (Å²) in [5.41, 5.74) is 1.04. The third kappa shape index (κ3) is 2.33. The number of rotatable bonds is 4. The predicted octanol–water partition coefficient (Wildman–Crippen LogP) is 3.79. The van der Waals surface area contributed by atoms with Gasteiger partial charge >= 0.3 is 7.60 Å². The van der Waals surface area contributed by atoms with E-state index in [0.717, 1.165) is 5.56 Å². The minimum atomic E-state index is -3.36. The first-order valence-corrected chi connectivity index (χ1v) is 7.34. The summed E-state index contributed by atoms with van der Waals surface area (Å²) in [5, 5.41) is 7.06. The molecule has 0 aromatic heterocycles. The highest BCUT2D eigenvalue weighted by Gasteiger charge is 2.50. The predicted molar refractivity (Wildman–Crippen MR) is 69.2 cm³/mol. The van der Waals surface area contributed by atoms with Crippen LogP contribution in [0.4, 0.5) is 0 Å². The molecule has 1 aromatic rings. The van der Waals surface area contributed by atoms with E-state index in [4.69, 9.17) is 9.05 Å². The molecule has 0 aliphatic carbocycles. The standard InChI is InChI=1S/C12H17N2O3P/c1-10-5-4-6-11(9-10)17-18(15,16-3)12(2)7-8-13-14-12/h4-6,9H,7-8H2,1-3H3. The van der Waals surface area contributed by atoms with Crippen LogP contribution in [0.1, 0.15) is 18.9 Å². The van der Waals surface area contributed by atoms with Crippen LogP contribution < -0.4 is 4.52 Å². The van der Waals surface area contributed by atoms with E-state index in [1.54, 1.807) is 13.0 Å². The van der Waals surface area contributed by atoms with E-state index < -0.39 is 12.9 Å². The second-order valence-corrected chi connectivity index (χ2v) is 7.03. The van der Waals surface area contributed by atoms with Crippen LogP contribution in [0.3, 0.4) is 0 Å². The summed E-state index contributed by atoms with van der Waals surface area (Å²) in [4.78, 5) is 0. The molecule has 5 nitrogen and oxygen atoms in total. The Morgan fingerprint density at radius 1 is 1.44 bits per heavy atom. The Bertz CT molecular complexity index is 518. The summed E-state index contributed by atoms with van der Waals surface area (Å²) < 4.78 is 23.5. The van der Waals surface area contributed by atoms with Crippen molar-refractivity contribution in [1.29, 1.82) is 0 Å². The van der Waals surface area contributed by atoms with Gasteiger partial charge < -0.3 is 9.05 Å². The maximum Gasteiger partial charge on any atom is 0.408 e. The van der Waals surface area contributed by atoms with Crippen LogP contribution in [0.2, 0.25) is 0 Å². The molecule has 0 saturated carbocycles. The third-order valence-electron chi connectivity index (χ3n) is 3.02. The molecule has 1 aromatic carbocycles. The average Bonchev–Trinajstić information content (AvgIpc) is 2.78. The van der Waals surface area contributed by atoms with Crippen molar-refractivity contribution in [2.24, 2.45) is 10.2 Å². The van der Waals surface area contributed by atoms with Gasteiger partial charge in [-0.15, -0.1) is 0 Å². The molecule has 6 heteroatoms. The largest absolute Gasteiger partial charge is 0.423 e. The van der Waals surface area contributed by atoms with Crippen molar-refractivity contribution >= 4 is 7.60 Å². The van der Waals surface area contributed by atoms with Gasteiger partial charge in [-0.2, -0.15) is 10.2 Å². The summed E-state index contributed by atoms with van der Waals surface area (Å²) in [6.07, 6.45) is 0.573. The Morgan fingerprint density at radius 2 is 2.22 bits per heavy atom. The number of aryl methyl sites for hydroxylation is 1. The van der Waals surface area contributed by atoms with E-state index >= 15 is 0 Å². The van der Waals surface area contributed by atoms with Crippen molar-refractivity contribution in [2.75, 3.05) is 13.7 Å². The molecule has 2 unspecified atom stereocenters. The molecule has 0 N–H and O–H groups in total. The van der Waals surface area contributed by atoms with E-state index in [1.807, 2.05) is 25.1 Å². The second kappa shape index (κ2) is 4.82. The van der Waals surface area contributed by atoms with E-state index in [-0.39, 0.29) is 0 Å². The molecule has 0 saturated heterocycles. The van der Waals surface area contributed by atoms with Crippen LogP contribution in [0.25, 0.3) is 0 Å². The lowest BCUT2D eigenvalue weighted by molar-refractivity contribution is 0.291. The summed E-state index contributed by atoms with van der Waals surface area (Å²) >= 11 is 0. The molecule has 2 rings (SSSR count). The minimum Gasteiger partial charge on any atom is -0.423 e. The molecule has 2 atom stereocenters. The van der Waals surface area contributed by atoms with Gasteiger partial charge in [0.15, 0.2) is 5.28 Å². The minimum absolute atomic E-state index is 0.531. The number of azo groups is 1. The highest BCUT2D eigenvalue weighted by Crippen LogP contribution is 2.62. The molecule has 98 valence electrons. The Labute approximate surface area is 107 Å². The lowest BCUT2D eigenvalue weighted by Crippen LogP contribution is -2.23. The number of benzene rings is 1. The second-order valence-electron chi connectivity index (χ2n) is 4.52. The zero-order chi connectivity index (χ0) is 13.2. The van der Waals surface area contributed by atoms with E-state index in [2.05, 4.69) is 10.2 Å². The molecule has 0 bridgehead atoms. The quantitative estimate of drug-likeness (QED) is 0.780. The van der Waals surface area contributed by atoms with Crippen LogP contribution in [0.5, 0.6) is 5.75 Å². The fourth-order valence-corrected chi connectivity index (χ4v) is 3.45. The Balaban J connectivity index is 2.29. The van der Waals surface area contributed by atoms with Crippen molar-refractivity contribution in [1.82, 2.24) is 0 Å². The van der Waals surface area contributed by atoms with Gasteiger partial charge in [-0.1, -0.05) is 12.1 Å². The van der Waals surface area contributed by atoms with Gasteiger partial charge in [0.25, 0.3) is 0 Å². The van der Waals surface area contributed by atoms with Crippen LogP contribution in [-0.2, 0) is 9.09 Å². The maximum atomic E-state index is 12.8. The lowest BCUT2D eigenvalue weighted by atomic mass is 10.2. The first-order chi connectivity index (χ1) is 8.49. The molecule has 0 amide bonds. The summed E-state index contributed by atoms with van der Waals surface area (Å²) in [6, 6.07) is 7.37. The van der Waals surface area contributed by atoms with E-state index in [1.165, 1.54) is 7.11 Å². The highest BCUT2D eigenvalue weighted by molar-refractivity contribution is 7.56. The normalized spacial score (nSPS) is 25.9. The summed E-state index contributed by atoms with van der Waals surface area (Å²) in [6.45, 7) is 4.26. The van der Waals surface area contributed by atoms with Gasteiger partial charge in [-0.3, -0.25) is 0 Å². The van der Waals surface area contributed by atoms with Crippen molar-refractivity contribution in [3.8, 4) is 5.75 Å². The van der Waals surface area contributed by atoms with Crippen molar-refractivity contribution in [3.05, 3.63) is 29.8 Å². The Hall–Kier alpha value is -1.19. The van der Waals surface area contributed by atoms with Crippen LogP contribution in [0, 0.1) is 6.92 Å². The lowest BCUT2D eigenvalue weighted by Gasteiger charge is -2.28. The fourth-order valence-electron chi connectivity index (χ4n) is 1.85.